The van der Waals surface area contributed by atoms with Crippen molar-refractivity contribution in [3.63, 3.8) is 0 Å². The van der Waals surface area contributed by atoms with Crippen LogP contribution in [0.5, 0.6) is 0 Å². The number of likely N-dealkylation sites (N-methyl/N-ethyl adjacent to an activating group) is 1. The number of rotatable bonds is 2. The zero-order valence-corrected chi connectivity index (χ0v) is 21.7. The summed E-state index contributed by atoms with van der Waals surface area (Å²) in [6, 6.07) is 22.0. The fourth-order valence-electron chi connectivity index (χ4n) is 7.14. The van der Waals surface area contributed by atoms with E-state index in [0.717, 1.165) is 5.52 Å². The first kappa shape index (κ1) is 22.9. The number of nitrogens with one attached hydrogen (secondary N) is 3. The Morgan fingerprint density at radius 2 is 1.68 bits per heavy atom. The van der Waals surface area contributed by atoms with Gasteiger partial charge in [0.25, 0.3) is 5.91 Å². The number of halogens is 1. The normalized spacial score (nSPS) is 27.4. The average molecular weight is 566 g/mol. The van der Waals surface area contributed by atoms with Gasteiger partial charge in [-0.15, -0.1) is 0 Å². The highest BCUT2D eigenvalue weighted by Gasteiger charge is 2.84. The second kappa shape index (κ2) is 7.40. The maximum absolute atomic E-state index is 14.8. The predicted molar refractivity (Wildman–Crippen MR) is 145 cm³/mol. The molecule has 4 aromatic rings. The van der Waals surface area contributed by atoms with Crippen LogP contribution in [0.25, 0.3) is 10.9 Å². The summed E-state index contributed by atoms with van der Waals surface area (Å²) in [5, 5.41) is 17.6. The lowest BCUT2D eigenvalue weighted by Gasteiger charge is -2.44. The molecule has 1 aromatic heterocycles. The Kier molecular flexibility index (Phi) is 4.46. The maximum Gasteiger partial charge on any atom is 0.251 e. The SMILES string of the molecule is CN1C[C@](C#N)(C(=O)c2c[nH]c3ccccc23)[C@]2(C(=O)Nc3ccccc32)[C@@]12C(=O)Nc1ccc(Br)cc12. The summed E-state index contributed by atoms with van der Waals surface area (Å²) in [5.74, 6) is -1.52. The Hall–Kier alpha value is -4.26. The van der Waals surface area contributed by atoms with E-state index in [1.807, 2.05) is 24.3 Å². The summed E-state index contributed by atoms with van der Waals surface area (Å²) in [7, 11) is 1.70. The molecule has 8 nitrogen and oxygen atoms in total. The molecule has 3 aliphatic heterocycles. The number of Topliss-reactive ketones (excluding diaryl/α,β-unsaturated/α-hetero) is 1. The molecule has 3 aromatic carbocycles. The number of para-hydroxylation sites is 2. The topological polar surface area (TPSA) is 118 Å². The van der Waals surface area contributed by atoms with E-state index in [4.69, 9.17) is 0 Å². The van der Waals surface area contributed by atoms with Gasteiger partial charge in [-0.05, 0) is 42.9 Å². The molecule has 1 fully saturated rings. The lowest BCUT2D eigenvalue weighted by molar-refractivity contribution is -0.137. The number of likely N-dealkylation sites (tertiary alicyclic amines) is 1. The number of nitriles is 1. The van der Waals surface area contributed by atoms with Crippen LogP contribution >= 0.6 is 15.9 Å². The number of amides is 2. The maximum atomic E-state index is 14.8. The molecule has 0 bridgehead atoms. The lowest BCUT2D eigenvalue weighted by Crippen LogP contribution is -2.65. The quantitative estimate of drug-likeness (QED) is 0.313. The van der Waals surface area contributed by atoms with E-state index in [2.05, 4.69) is 37.6 Å². The van der Waals surface area contributed by atoms with E-state index in [1.54, 1.807) is 60.6 Å². The van der Waals surface area contributed by atoms with E-state index in [1.165, 1.54) is 0 Å². The first-order valence-electron chi connectivity index (χ1n) is 12.1. The van der Waals surface area contributed by atoms with Crippen LogP contribution in [0.4, 0.5) is 11.4 Å². The zero-order chi connectivity index (χ0) is 26.4. The molecular formula is C29H20BrN5O3. The fourth-order valence-corrected chi connectivity index (χ4v) is 7.50. The molecule has 0 radical (unpaired) electrons. The number of nitrogens with zero attached hydrogens (tertiary/aromatic N) is 2. The Morgan fingerprint density at radius 3 is 2.50 bits per heavy atom. The van der Waals surface area contributed by atoms with Crippen molar-refractivity contribution in [1.29, 1.82) is 5.26 Å². The minimum atomic E-state index is -1.94. The molecule has 1 saturated heterocycles. The highest BCUT2D eigenvalue weighted by Crippen LogP contribution is 2.68. The number of fused-ring (bicyclic) bond motifs is 6. The number of anilines is 2. The van der Waals surface area contributed by atoms with E-state index < -0.39 is 34.0 Å². The first-order chi connectivity index (χ1) is 18.3. The van der Waals surface area contributed by atoms with Crippen LogP contribution in [0.3, 0.4) is 0 Å². The van der Waals surface area contributed by atoms with E-state index >= 15 is 0 Å². The first-order valence-corrected chi connectivity index (χ1v) is 12.9. The number of H-pyrrole nitrogens is 1. The van der Waals surface area contributed by atoms with Crippen molar-refractivity contribution >= 4 is 55.8 Å². The van der Waals surface area contributed by atoms with Crippen molar-refractivity contribution in [2.75, 3.05) is 24.2 Å². The van der Waals surface area contributed by atoms with Gasteiger partial charge < -0.3 is 15.6 Å². The van der Waals surface area contributed by atoms with E-state index in [0.29, 0.717) is 37.9 Å². The Bertz CT molecular complexity index is 1790. The highest BCUT2D eigenvalue weighted by atomic mass is 79.9. The van der Waals surface area contributed by atoms with Gasteiger partial charge >= 0.3 is 0 Å². The van der Waals surface area contributed by atoms with E-state index in [9.17, 15) is 19.6 Å². The van der Waals surface area contributed by atoms with Crippen LogP contribution in [0.1, 0.15) is 21.5 Å². The van der Waals surface area contributed by atoms with Crippen LogP contribution in [0, 0.1) is 16.7 Å². The van der Waals surface area contributed by atoms with Gasteiger partial charge in [0.05, 0.1) is 6.07 Å². The largest absolute Gasteiger partial charge is 0.360 e. The van der Waals surface area contributed by atoms with Gasteiger partial charge in [0, 0.05) is 50.6 Å². The fraction of sp³-hybridized carbons (Fsp3) is 0.172. The van der Waals surface area contributed by atoms with Gasteiger partial charge in [-0.3, -0.25) is 19.3 Å². The molecule has 2 spiro atoms. The second-order valence-corrected chi connectivity index (χ2v) is 11.0. The van der Waals surface area contributed by atoms with E-state index in [-0.39, 0.29) is 6.54 Å². The highest BCUT2D eigenvalue weighted by molar-refractivity contribution is 9.10. The average Bonchev–Trinajstić information content (AvgIpc) is 3.62. The molecule has 0 saturated carbocycles. The molecule has 186 valence electrons. The number of benzene rings is 3. The number of carbonyl (C=O) groups is 3. The smallest absolute Gasteiger partial charge is 0.251 e. The summed E-state index contributed by atoms with van der Waals surface area (Å²) < 4.78 is 0.708. The molecule has 38 heavy (non-hydrogen) atoms. The number of ketones is 1. The van der Waals surface area contributed by atoms with Crippen LogP contribution in [0.2, 0.25) is 0 Å². The Balaban J connectivity index is 1.63. The van der Waals surface area contributed by atoms with Crippen molar-refractivity contribution in [2.45, 2.75) is 11.0 Å². The standard InChI is InChI=1S/C29H20BrN5O3/c1-35-15-27(14-31,24(36)18-13-32-21-8-4-2-6-17(18)21)28(19-7-3-5-9-22(19)33-25(28)37)29(35)20-12-16(30)10-11-23(20)34-26(29)38/h2-13,32H,15H2,1H3,(H,33,37)(H,34,38)/t27-,28+,29-/m1/s1. The molecule has 3 aliphatic rings. The number of aromatic nitrogens is 1. The molecule has 0 unspecified atom stereocenters. The van der Waals surface area contributed by atoms with Crippen molar-refractivity contribution in [3.05, 3.63) is 94.1 Å². The summed E-state index contributed by atoms with van der Waals surface area (Å²) in [4.78, 5) is 48.3. The van der Waals surface area contributed by atoms with Crippen LogP contribution in [0.15, 0.2) is 77.4 Å². The third kappa shape index (κ3) is 2.32. The monoisotopic (exact) mass is 565 g/mol. The summed E-state index contributed by atoms with van der Waals surface area (Å²) in [6.45, 7) is -0.136. The van der Waals surface area contributed by atoms with Gasteiger partial charge in [0.15, 0.2) is 11.2 Å². The molecule has 9 heteroatoms. The number of aromatic amines is 1. The Labute approximate surface area is 225 Å². The van der Waals surface area contributed by atoms with Gasteiger partial charge in [-0.1, -0.05) is 52.3 Å². The lowest BCUT2D eigenvalue weighted by atomic mass is 9.51. The number of carbonyl (C=O) groups excluding carboxylic acids is 3. The number of hydrogen-bond donors (Lipinski definition) is 3. The molecule has 3 atom stereocenters. The van der Waals surface area contributed by atoms with Crippen molar-refractivity contribution < 1.29 is 14.4 Å². The van der Waals surface area contributed by atoms with Crippen LogP contribution < -0.4 is 10.6 Å². The van der Waals surface area contributed by atoms with Crippen LogP contribution in [-0.4, -0.2) is 41.1 Å². The summed E-state index contributed by atoms with van der Waals surface area (Å²) in [5.41, 5.74) is -2.44. The summed E-state index contributed by atoms with van der Waals surface area (Å²) >= 11 is 3.52. The van der Waals surface area contributed by atoms with Gasteiger partial charge in [0.2, 0.25) is 5.91 Å². The summed E-state index contributed by atoms with van der Waals surface area (Å²) in [6.07, 6.45) is 1.59. The molecular weight excluding hydrogens is 546 g/mol. The Morgan fingerprint density at radius 1 is 0.974 bits per heavy atom. The van der Waals surface area contributed by atoms with Gasteiger partial charge in [-0.25, -0.2) is 0 Å². The number of hydrogen-bond acceptors (Lipinski definition) is 5. The zero-order valence-electron chi connectivity index (χ0n) is 20.1. The molecule has 0 aliphatic carbocycles. The van der Waals surface area contributed by atoms with Crippen LogP contribution in [-0.2, 0) is 20.5 Å². The van der Waals surface area contributed by atoms with Crippen molar-refractivity contribution in [2.24, 2.45) is 5.41 Å². The van der Waals surface area contributed by atoms with Gasteiger partial charge in [-0.2, -0.15) is 5.26 Å². The molecule has 2 amide bonds. The van der Waals surface area contributed by atoms with Crippen molar-refractivity contribution in [3.8, 4) is 6.07 Å². The molecule has 4 heterocycles. The molecule has 7 rings (SSSR count). The predicted octanol–water partition coefficient (Wildman–Crippen LogP) is 4.31. The van der Waals surface area contributed by atoms with Crippen molar-refractivity contribution in [1.82, 2.24) is 9.88 Å². The minimum Gasteiger partial charge on any atom is -0.360 e. The molecule has 3 N–H and O–H groups in total. The minimum absolute atomic E-state index is 0.136. The second-order valence-electron chi connectivity index (χ2n) is 10.1. The third-order valence-corrected chi connectivity index (χ3v) is 9.00. The third-order valence-electron chi connectivity index (χ3n) is 8.51. The van der Waals surface area contributed by atoms with Gasteiger partial charge in [0.1, 0.15) is 11.0 Å².